The molecule has 0 atom stereocenters. The summed E-state index contributed by atoms with van der Waals surface area (Å²) >= 11 is 0. The van der Waals surface area contributed by atoms with Crippen LogP contribution < -0.4 is 5.73 Å². The maximum Gasteiger partial charge on any atom is 0.254 e. The number of nitrogens with zero attached hydrogens (tertiary/aromatic N) is 2. The Balaban J connectivity index is 1.81. The van der Waals surface area contributed by atoms with Gasteiger partial charge in [0.15, 0.2) is 0 Å². The summed E-state index contributed by atoms with van der Waals surface area (Å²) in [6.45, 7) is 3.77. The zero-order valence-electron chi connectivity index (χ0n) is 15.7. The Morgan fingerprint density at radius 2 is 1.67 bits per heavy atom. The summed E-state index contributed by atoms with van der Waals surface area (Å²) in [5.41, 5.74) is 6.50. The highest BCUT2D eigenvalue weighted by Gasteiger charge is 2.30. The van der Waals surface area contributed by atoms with Gasteiger partial charge in [0.05, 0.1) is 4.90 Å². The quantitative estimate of drug-likeness (QED) is 0.838. The van der Waals surface area contributed by atoms with Gasteiger partial charge in [-0.25, -0.2) is 8.42 Å². The standard InChI is InChI=1S/C19H27N3O4S/c1-14-5-6-16(27(25,26)22-9-3-2-4-10-22)13-17(14)19(24)21-11-7-15(8-12-21)18(20)23/h5-6,13,15H,2-4,7-12H2,1H3,(H2,20,23). The summed E-state index contributed by atoms with van der Waals surface area (Å²) < 4.78 is 27.3. The summed E-state index contributed by atoms with van der Waals surface area (Å²) in [6.07, 6.45) is 3.88. The van der Waals surface area contributed by atoms with E-state index in [-0.39, 0.29) is 22.6 Å². The molecule has 2 saturated heterocycles. The van der Waals surface area contributed by atoms with Crippen LogP contribution in [0.2, 0.25) is 0 Å². The summed E-state index contributed by atoms with van der Waals surface area (Å²) in [5, 5.41) is 0. The summed E-state index contributed by atoms with van der Waals surface area (Å²) in [4.78, 5) is 26.1. The summed E-state index contributed by atoms with van der Waals surface area (Å²) in [6, 6.07) is 4.78. The van der Waals surface area contributed by atoms with Crippen molar-refractivity contribution in [3.05, 3.63) is 29.3 Å². The van der Waals surface area contributed by atoms with Gasteiger partial charge in [-0.1, -0.05) is 12.5 Å². The molecule has 0 unspecified atom stereocenters. The number of hydrogen-bond donors (Lipinski definition) is 1. The molecule has 0 aliphatic carbocycles. The highest BCUT2D eigenvalue weighted by Crippen LogP contribution is 2.25. The van der Waals surface area contributed by atoms with Gasteiger partial charge in [0.1, 0.15) is 0 Å². The van der Waals surface area contributed by atoms with Crippen LogP contribution in [0.5, 0.6) is 0 Å². The number of carbonyl (C=O) groups excluding carboxylic acids is 2. The second-order valence-corrected chi connectivity index (χ2v) is 9.35. The van der Waals surface area contributed by atoms with Crippen molar-refractivity contribution in [2.24, 2.45) is 11.7 Å². The van der Waals surface area contributed by atoms with Gasteiger partial charge in [-0.3, -0.25) is 9.59 Å². The molecule has 7 nitrogen and oxygen atoms in total. The third-order valence-electron chi connectivity index (χ3n) is 5.58. The van der Waals surface area contributed by atoms with Gasteiger partial charge >= 0.3 is 0 Å². The topological polar surface area (TPSA) is 101 Å². The number of sulfonamides is 1. The van der Waals surface area contributed by atoms with Crippen molar-refractivity contribution in [3.8, 4) is 0 Å². The van der Waals surface area contributed by atoms with E-state index in [4.69, 9.17) is 5.73 Å². The molecule has 0 spiro atoms. The molecule has 3 rings (SSSR count). The van der Waals surface area contributed by atoms with Crippen LogP contribution in [0.15, 0.2) is 23.1 Å². The molecule has 8 heteroatoms. The number of rotatable bonds is 4. The Labute approximate surface area is 160 Å². The van der Waals surface area contributed by atoms with E-state index in [1.807, 2.05) is 0 Å². The molecule has 1 aromatic rings. The molecular weight excluding hydrogens is 366 g/mol. The van der Waals surface area contributed by atoms with E-state index in [0.717, 1.165) is 24.8 Å². The molecule has 2 N–H and O–H groups in total. The Morgan fingerprint density at radius 1 is 1.04 bits per heavy atom. The monoisotopic (exact) mass is 393 g/mol. The number of carbonyl (C=O) groups is 2. The van der Waals surface area contributed by atoms with Crippen LogP contribution >= 0.6 is 0 Å². The van der Waals surface area contributed by atoms with E-state index < -0.39 is 10.0 Å². The normalized spacial score (nSPS) is 19.8. The zero-order valence-corrected chi connectivity index (χ0v) is 16.5. The number of hydrogen-bond acceptors (Lipinski definition) is 4. The minimum Gasteiger partial charge on any atom is -0.369 e. The fourth-order valence-electron chi connectivity index (χ4n) is 3.78. The van der Waals surface area contributed by atoms with Gasteiger partial charge in [-0.15, -0.1) is 0 Å². The third-order valence-corrected chi connectivity index (χ3v) is 7.47. The predicted molar refractivity (Wildman–Crippen MR) is 102 cm³/mol. The van der Waals surface area contributed by atoms with E-state index >= 15 is 0 Å². The first-order chi connectivity index (χ1) is 12.8. The van der Waals surface area contributed by atoms with Crippen molar-refractivity contribution in [3.63, 3.8) is 0 Å². The molecular formula is C19H27N3O4S. The molecule has 0 bridgehead atoms. The highest BCUT2D eigenvalue weighted by molar-refractivity contribution is 7.89. The average Bonchev–Trinajstić information content (AvgIpc) is 2.68. The van der Waals surface area contributed by atoms with Crippen LogP contribution in [0.4, 0.5) is 0 Å². The molecule has 2 aliphatic rings. The molecule has 2 fully saturated rings. The van der Waals surface area contributed by atoms with Gasteiger partial charge in [0.2, 0.25) is 15.9 Å². The van der Waals surface area contributed by atoms with Crippen molar-refractivity contribution in [1.29, 1.82) is 0 Å². The van der Waals surface area contributed by atoms with Crippen LogP contribution in [-0.2, 0) is 14.8 Å². The zero-order chi connectivity index (χ0) is 19.6. The van der Waals surface area contributed by atoms with Crippen LogP contribution in [0.1, 0.15) is 48.0 Å². The third kappa shape index (κ3) is 4.16. The molecule has 2 amide bonds. The van der Waals surface area contributed by atoms with Gasteiger partial charge < -0.3 is 10.6 Å². The fourth-order valence-corrected chi connectivity index (χ4v) is 5.33. The first-order valence-electron chi connectivity index (χ1n) is 9.50. The van der Waals surface area contributed by atoms with E-state index in [9.17, 15) is 18.0 Å². The van der Waals surface area contributed by atoms with Crippen molar-refractivity contribution in [2.75, 3.05) is 26.2 Å². The van der Waals surface area contributed by atoms with Crippen molar-refractivity contribution in [2.45, 2.75) is 43.9 Å². The number of nitrogens with two attached hydrogens (primary N) is 1. The SMILES string of the molecule is Cc1ccc(S(=O)(=O)N2CCCCC2)cc1C(=O)N1CCC(C(N)=O)CC1. The lowest BCUT2D eigenvalue weighted by atomic mass is 9.95. The lowest BCUT2D eigenvalue weighted by molar-refractivity contribution is -0.123. The second-order valence-electron chi connectivity index (χ2n) is 7.41. The molecule has 0 saturated carbocycles. The van der Waals surface area contributed by atoms with Crippen LogP contribution in [0.25, 0.3) is 0 Å². The summed E-state index contributed by atoms with van der Waals surface area (Å²) in [7, 11) is -3.58. The van der Waals surface area contributed by atoms with Crippen molar-refractivity contribution < 1.29 is 18.0 Å². The van der Waals surface area contributed by atoms with Crippen molar-refractivity contribution >= 4 is 21.8 Å². The lowest BCUT2D eigenvalue weighted by Crippen LogP contribution is -2.42. The first-order valence-corrected chi connectivity index (χ1v) is 10.9. The Morgan fingerprint density at radius 3 is 2.26 bits per heavy atom. The first kappa shape index (κ1) is 19.8. The summed E-state index contributed by atoms with van der Waals surface area (Å²) in [5.74, 6) is -0.708. The number of likely N-dealkylation sites (tertiary alicyclic amines) is 1. The van der Waals surface area contributed by atoms with Crippen LogP contribution in [-0.4, -0.2) is 55.6 Å². The Hall–Kier alpha value is -1.93. The largest absolute Gasteiger partial charge is 0.369 e. The van der Waals surface area contributed by atoms with E-state index in [1.165, 1.54) is 10.4 Å². The lowest BCUT2D eigenvalue weighted by Gasteiger charge is -2.31. The molecule has 0 aromatic heterocycles. The second kappa shape index (κ2) is 7.98. The number of primary amides is 1. The molecule has 2 aliphatic heterocycles. The number of piperidine rings is 2. The van der Waals surface area contributed by atoms with Gasteiger partial charge in [-0.05, 0) is 50.3 Å². The molecule has 2 heterocycles. The molecule has 0 radical (unpaired) electrons. The Bertz CT molecular complexity index is 823. The number of aryl methyl sites for hydroxylation is 1. The predicted octanol–water partition coefficient (Wildman–Crippen LogP) is 1.51. The maximum absolute atomic E-state index is 13.0. The van der Waals surface area contributed by atoms with Gasteiger partial charge in [-0.2, -0.15) is 4.31 Å². The van der Waals surface area contributed by atoms with Crippen molar-refractivity contribution in [1.82, 2.24) is 9.21 Å². The smallest absolute Gasteiger partial charge is 0.254 e. The Kier molecular flexibility index (Phi) is 5.86. The maximum atomic E-state index is 13.0. The highest BCUT2D eigenvalue weighted by atomic mass is 32.2. The van der Waals surface area contributed by atoms with E-state index in [2.05, 4.69) is 0 Å². The van der Waals surface area contributed by atoms with Crippen LogP contribution in [0, 0.1) is 12.8 Å². The van der Waals surface area contributed by atoms with Gasteiger partial charge in [0.25, 0.3) is 5.91 Å². The number of amides is 2. The van der Waals surface area contributed by atoms with Crippen LogP contribution in [0.3, 0.4) is 0 Å². The van der Waals surface area contributed by atoms with Gasteiger partial charge in [0, 0.05) is 37.7 Å². The fraction of sp³-hybridized carbons (Fsp3) is 0.579. The molecule has 148 valence electrons. The molecule has 1 aromatic carbocycles. The average molecular weight is 394 g/mol. The molecule has 27 heavy (non-hydrogen) atoms. The van der Waals surface area contributed by atoms with E-state index in [0.29, 0.717) is 44.6 Å². The minimum absolute atomic E-state index is 0.172. The minimum atomic E-state index is -3.58. The number of benzene rings is 1. The van der Waals surface area contributed by atoms with E-state index in [1.54, 1.807) is 24.0 Å².